The molecule has 0 aliphatic heterocycles. The molecule has 3 N–H and O–H groups in total. The summed E-state index contributed by atoms with van der Waals surface area (Å²) in [6, 6.07) is 0.113. The molecule has 0 aromatic carbocycles. The molecule has 1 rings (SSSR count). The Kier molecular flexibility index (Phi) is 4.39. The number of nitrogens with two attached hydrogens (primary N) is 1. The molecular weight excluding hydrogens is 176 g/mol. The van der Waals surface area contributed by atoms with Gasteiger partial charge in [0.2, 0.25) is 5.91 Å². The second-order valence-corrected chi connectivity index (χ2v) is 4.60. The van der Waals surface area contributed by atoms with Crippen LogP contribution in [0.2, 0.25) is 0 Å². The predicted molar refractivity (Wildman–Crippen MR) is 57.8 cm³/mol. The zero-order chi connectivity index (χ0) is 10.6. The van der Waals surface area contributed by atoms with Crippen LogP contribution in [0.5, 0.6) is 0 Å². The zero-order valence-corrected chi connectivity index (χ0v) is 9.25. The average molecular weight is 198 g/mol. The Labute approximate surface area is 86.4 Å². The minimum absolute atomic E-state index is 0.113. The van der Waals surface area contributed by atoms with E-state index in [0.29, 0.717) is 6.54 Å². The largest absolute Gasteiger partial charge is 0.352 e. The van der Waals surface area contributed by atoms with Crippen molar-refractivity contribution in [1.29, 1.82) is 0 Å². The molecule has 14 heavy (non-hydrogen) atoms. The summed E-state index contributed by atoms with van der Waals surface area (Å²) in [6.07, 6.45) is 4.47. The van der Waals surface area contributed by atoms with Crippen LogP contribution in [0.4, 0.5) is 0 Å². The van der Waals surface area contributed by atoms with E-state index in [0.717, 1.165) is 18.8 Å². The Morgan fingerprint density at radius 1 is 1.43 bits per heavy atom. The van der Waals surface area contributed by atoms with Crippen LogP contribution in [0.3, 0.4) is 0 Å². The van der Waals surface area contributed by atoms with Gasteiger partial charge in [-0.25, -0.2) is 0 Å². The van der Waals surface area contributed by atoms with Crippen molar-refractivity contribution in [3.63, 3.8) is 0 Å². The van der Waals surface area contributed by atoms with E-state index in [1.807, 2.05) is 6.92 Å². The number of nitrogens with one attached hydrogen (secondary N) is 1. The lowest BCUT2D eigenvalue weighted by atomic mass is 9.82. The van der Waals surface area contributed by atoms with Crippen LogP contribution in [-0.2, 0) is 4.79 Å². The third kappa shape index (κ3) is 3.29. The summed E-state index contributed by atoms with van der Waals surface area (Å²) in [5, 5.41) is 2.95. The highest BCUT2D eigenvalue weighted by molar-refractivity contribution is 5.78. The van der Waals surface area contributed by atoms with E-state index >= 15 is 0 Å². The molecule has 3 heteroatoms. The summed E-state index contributed by atoms with van der Waals surface area (Å²) in [6.45, 7) is 4.73. The Balaban J connectivity index is 2.30. The van der Waals surface area contributed by atoms with Crippen molar-refractivity contribution >= 4 is 5.91 Å². The maximum atomic E-state index is 11.7. The summed E-state index contributed by atoms with van der Waals surface area (Å²) in [4.78, 5) is 11.7. The Morgan fingerprint density at radius 2 is 2.00 bits per heavy atom. The first-order chi connectivity index (χ1) is 6.63. The molecule has 1 saturated carbocycles. The van der Waals surface area contributed by atoms with Crippen molar-refractivity contribution in [1.82, 2.24) is 5.32 Å². The van der Waals surface area contributed by atoms with Crippen LogP contribution in [0.1, 0.15) is 39.5 Å². The maximum Gasteiger partial charge on any atom is 0.223 e. The summed E-state index contributed by atoms with van der Waals surface area (Å²) < 4.78 is 0. The summed E-state index contributed by atoms with van der Waals surface area (Å²) >= 11 is 0. The number of carbonyl (C=O) groups excluding carboxylic acids is 1. The molecule has 1 atom stereocenters. The second kappa shape index (κ2) is 5.35. The molecule has 0 aromatic heterocycles. The minimum Gasteiger partial charge on any atom is -0.352 e. The number of hydrogen-bond acceptors (Lipinski definition) is 2. The molecule has 1 fully saturated rings. The predicted octanol–water partition coefficient (Wildman–Crippen LogP) is 1.28. The normalized spacial score (nSPS) is 29.6. The molecule has 0 heterocycles. The molecule has 3 nitrogen and oxygen atoms in total. The first kappa shape index (κ1) is 11.5. The monoisotopic (exact) mass is 198 g/mol. The number of amides is 1. The van der Waals surface area contributed by atoms with Gasteiger partial charge in [-0.2, -0.15) is 0 Å². The fourth-order valence-corrected chi connectivity index (χ4v) is 1.94. The van der Waals surface area contributed by atoms with Crippen molar-refractivity contribution in [3.05, 3.63) is 0 Å². The van der Waals surface area contributed by atoms with Crippen molar-refractivity contribution in [2.24, 2.45) is 17.6 Å². The van der Waals surface area contributed by atoms with E-state index in [1.54, 1.807) is 0 Å². The van der Waals surface area contributed by atoms with Gasteiger partial charge in [-0.05, 0) is 38.5 Å². The highest BCUT2D eigenvalue weighted by atomic mass is 16.1. The fourth-order valence-electron chi connectivity index (χ4n) is 1.94. The fraction of sp³-hybridized carbons (Fsp3) is 0.909. The number of carbonyl (C=O) groups is 1. The van der Waals surface area contributed by atoms with E-state index in [-0.39, 0.29) is 17.9 Å². The minimum atomic E-state index is 0.113. The molecule has 0 spiro atoms. The van der Waals surface area contributed by atoms with Gasteiger partial charge in [0.15, 0.2) is 0 Å². The van der Waals surface area contributed by atoms with Crippen molar-refractivity contribution in [2.75, 3.05) is 6.54 Å². The van der Waals surface area contributed by atoms with E-state index in [1.165, 1.54) is 12.8 Å². The molecule has 0 radical (unpaired) electrons. The average Bonchev–Trinajstić information content (AvgIpc) is 2.18. The Bertz CT molecular complexity index is 186. The van der Waals surface area contributed by atoms with E-state index in [2.05, 4.69) is 12.2 Å². The van der Waals surface area contributed by atoms with Gasteiger partial charge in [0.05, 0.1) is 0 Å². The van der Waals surface area contributed by atoms with Gasteiger partial charge in [-0.15, -0.1) is 0 Å². The molecule has 0 saturated heterocycles. The second-order valence-electron chi connectivity index (χ2n) is 4.60. The summed E-state index contributed by atoms with van der Waals surface area (Å²) in [5.74, 6) is 1.24. The quantitative estimate of drug-likeness (QED) is 0.717. The Morgan fingerprint density at radius 3 is 2.50 bits per heavy atom. The zero-order valence-electron chi connectivity index (χ0n) is 9.25. The summed E-state index contributed by atoms with van der Waals surface area (Å²) in [7, 11) is 0. The number of rotatable bonds is 3. The van der Waals surface area contributed by atoms with Gasteiger partial charge in [0, 0.05) is 18.5 Å². The van der Waals surface area contributed by atoms with Crippen molar-refractivity contribution < 1.29 is 4.79 Å². The van der Waals surface area contributed by atoms with Crippen LogP contribution in [0, 0.1) is 11.8 Å². The molecule has 82 valence electrons. The standard InChI is InChI=1S/C11H22N2O/c1-8-3-5-10(6-4-8)11(14)13-9(2)7-12/h8-10H,3-7,12H2,1-2H3,(H,13,14)/t8?,9-,10?/m1/s1. The van der Waals surface area contributed by atoms with Crippen molar-refractivity contribution in [3.8, 4) is 0 Å². The van der Waals surface area contributed by atoms with Gasteiger partial charge < -0.3 is 11.1 Å². The molecular formula is C11H22N2O. The van der Waals surface area contributed by atoms with E-state index < -0.39 is 0 Å². The van der Waals surface area contributed by atoms with Crippen LogP contribution in [-0.4, -0.2) is 18.5 Å². The van der Waals surface area contributed by atoms with Crippen molar-refractivity contribution in [2.45, 2.75) is 45.6 Å². The van der Waals surface area contributed by atoms with Gasteiger partial charge in [-0.3, -0.25) is 4.79 Å². The molecule has 1 aliphatic carbocycles. The molecule has 1 aliphatic rings. The van der Waals surface area contributed by atoms with Crippen LogP contribution >= 0.6 is 0 Å². The van der Waals surface area contributed by atoms with E-state index in [4.69, 9.17) is 5.73 Å². The molecule has 0 aromatic rings. The first-order valence-electron chi connectivity index (χ1n) is 5.64. The number of hydrogen-bond donors (Lipinski definition) is 2. The topological polar surface area (TPSA) is 55.1 Å². The lowest BCUT2D eigenvalue weighted by Crippen LogP contribution is -2.42. The highest BCUT2D eigenvalue weighted by Gasteiger charge is 2.24. The van der Waals surface area contributed by atoms with Gasteiger partial charge in [0.1, 0.15) is 0 Å². The van der Waals surface area contributed by atoms with Gasteiger partial charge >= 0.3 is 0 Å². The van der Waals surface area contributed by atoms with Crippen LogP contribution in [0.15, 0.2) is 0 Å². The third-order valence-electron chi connectivity index (χ3n) is 3.13. The van der Waals surface area contributed by atoms with Crippen LogP contribution in [0.25, 0.3) is 0 Å². The first-order valence-corrected chi connectivity index (χ1v) is 5.64. The molecule has 0 unspecified atom stereocenters. The third-order valence-corrected chi connectivity index (χ3v) is 3.13. The van der Waals surface area contributed by atoms with Crippen LogP contribution < -0.4 is 11.1 Å². The molecule has 1 amide bonds. The summed E-state index contributed by atoms with van der Waals surface area (Å²) in [5.41, 5.74) is 5.46. The molecule has 0 bridgehead atoms. The SMILES string of the molecule is CC1CCC(C(=O)N[C@H](C)CN)CC1. The lowest BCUT2D eigenvalue weighted by Gasteiger charge is -2.26. The van der Waals surface area contributed by atoms with Gasteiger partial charge in [-0.1, -0.05) is 6.92 Å². The van der Waals surface area contributed by atoms with E-state index in [9.17, 15) is 4.79 Å². The van der Waals surface area contributed by atoms with Gasteiger partial charge in [0.25, 0.3) is 0 Å². The lowest BCUT2D eigenvalue weighted by molar-refractivity contribution is -0.126. The smallest absolute Gasteiger partial charge is 0.223 e. The maximum absolute atomic E-state index is 11.7. The Hall–Kier alpha value is -0.570. The highest BCUT2D eigenvalue weighted by Crippen LogP contribution is 2.28.